The average molecular weight is 807 g/mol. The van der Waals surface area contributed by atoms with Crippen molar-refractivity contribution < 1.29 is 43.0 Å². The number of unbranched alkanes of at least 4 members (excludes halogenated alkanes) is 12. The number of phosphoric ester groups is 1. The van der Waals surface area contributed by atoms with Gasteiger partial charge in [-0.15, -0.1) is 0 Å². The number of aliphatic hydroxyl groups excluding tert-OH is 2. The lowest BCUT2D eigenvalue weighted by Gasteiger charge is -2.20. The fourth-order valence-corrected chi connectivity index (χ4v) is 6.07. The van der Waals surface area contributed by atoms with Crippen molar-refractivity contribution in [2.24, 2.45) is 0 Å². The molecule has 0 radical (unpaired) electrons. The molecule has 10 heteroatoms. The van der Waals surface area contributed by atoms with Crippen LogP contribution < -0.4 is 0 Å². The van der Waals surface area contributed by atoms with Crippen LogP contribution in [0.4, 0.5) is 0 Å². The number of carbonyl (C=O) groups is 1. The standard InChI is InChI=1S/C46H79O9P/c1-3-5-7-9-11-13-15-16-17-18-19-20-21-22-23-24-25-26-27-29-31-33-35-37-39-52-42-45(43-54-56(50,51)53-41-44(48)40-47)55-46(49)38-36-34-32-30-28-14-12-10-8-6-4-2/h5,7,10-13,16-17,19-20,22-23,25-26,44-45,47-48H,3-4,6,8-9,14-15,18,21,24,27-43H2,1-2H3,(H,50,51)/b7-5-,12-10-,13-11-,17-16-,20-19-,23-22-,26-25-. The molecule has 0 rings (SSSR count). The maximum absolute atomic E-state index is 12.6. The molecule has 0 aromatic heterocycles. The van der Waals surface area contributed by atoms with Gasteiger partial charge in [-0.3, -0.25) is 13.8 Å². The molecule has 0 aromatic carbocycles. The van der Waals surface area contributed by atoms with Crippen LogP contribution in [0.1, 0.15) is 155 Å². The second kappa shape index (κ2) is 42.3. The lowest BCUT2D eigenvalue weighted by molar-refractivity contribution is -0.154. The van der Waals surface area contributed by atoms with Gasteiger partial charge in [0.1, 0.15) is 12.2 Å². The third-order valence-electron chi connectivity index (χ3n) is 8.56. The average Bonchev–Trinajstić information content (AvgIpc) is 3.19. The van der Waals surface area contributed by atoms with Gasteiger partial charge in [0.25, 0.3) is 0 Å². The van der Waals surface area contributed by atoms with E-state index >= 15 is 0 Å². The van der Waals surface area contributed by atoms with E-state index in [9.17, 15) is 19.4 Å². The topological polar surface area (TPSA) is 132 Å². The van der Waals surface area contributed by atoms with Crippen molar-refractivity contribution in [3.8, 4) is 0 Å². The Morgan fingerprint density at radius 1 is 0.571 bits per heavy atom. The van der Waals surface area contributed by atoms with Gasteiger partial charge in [-0.05, 0) is 83.5 Å². The van der Waals surface area contributed by atoms with Gasteiger partial charge >= 0.3 is 13.8 Å². The van der Waals surface area contributed by atoms with E-state index in [0.29, 0.717) is 13.0 Å². The molecular formula is C46H79O9P. The minimum absolute atomic E-state index is 0.0272. The molecule has 0 bridgehead atoms. The molecule has 3 unspecified atom stereocenters. The lowest BCUT2D eigenvalue weighted by atomic mass is 10.1. The highest BCUT2D eigenvalue weighted by atomic mass is 31.2. The van der Waals surface area contributed by atoms with Gasteiger partial charge in [-0.25, -0.2) is 4.57 Å². The highest BCUT2D eigenvalue weighted by Gasteiger charge is 2.26. The van der Waals surface area contributed by atoms with Gasteiger partial charge in [0, 0.05) is 13.0 Å². The first-order valence-electron chi connectivity index (χ1n) is 21.6. The zero-order valence-electron chi connectivity index (χ0n) is 35.1. The summed E-state index contributed by atoms with van der Waals surface area (Å²) in [6.45, 7) is 3.27. The Morgan fingerprint density at radius 3 is 1.55 bits per heavy atom. The minimum atomic E-state index is -4.53. The largest absolute Gasteiger partial charge is 0.472 e. The summed E-state index contributed by atoms with van der Waals surface area (Å²) >= 11 is 0. The maximum atomic E-state index is 12.6. The summed E-state index contributed by atoms with van der Waals surface area (Å²) in [6, 6.07) is 0. The Bertz CT molecular complexity index is 1140. The molecule has 0 aliphatic heterocycles. The molecule has 0 aliphatic carbocycles. The Balaban J connectivity index is 4.19. The number of phosphoric acid groups is 1. The number of carbonyl (C=O) groups excluding carboxylic acids is 1. The van der Waals surface area contributed by atoms with Crippen molar-refractivity contribution in [1.82, 2.24) is 0 Å². The molecule has 0 saturated heterocycles. The number of allylic oxidation sites excluding steroid dienone is 14. The summed E-state index contributed by atoms with van der Waals surface area (Å²) in [5, 5.41) is 18.3. The number of hydrogen-bond acceptors (Lipinski definition) is 8. The first-order chi connectivity index (χ1) is 27.3. The highest BCUT2D eigenvalue weighted by Crippen LogP contribution is 2.43. The fourth-order valence-electron chi connectivity index (χ4n) is 5.28. The molecule has 0 heterocycles. The molecule has 0 saturated carbocycles. The van der Waals surface area contributed by atoms with Crippen molar-refractivity contribution >= 4 is 13.8 Å². The number of ether oxygens (including phenoxy) is 2. The van der Waals surface area contributed by atoms with Gasteiger partial charge in [-0.2, -0.15) is 0 Å². The van der Waals surface area contributed by atoms with Crippen LogP contribution in [0.25, 0.3) is 0 Å². The first kappa shape index (κ1) is 53.6. The second-order valence-electron chi connectivity index (χ2n) is 14.0. The van der Waals surface area contributed by atoms with Gasteiger partial charge in [0.15, 0.2) is 0 Å². The highest BCUT2D eigenvalue weighted by molar-refractivity contribution is 7.47. The number of hydrogen-bond donors (Lipinski definition) is 3. The van der Waals surface area contributed by atoms with E-state index in [1.54, 1.807) is 0 Å². The van der Waals surface area contributed by atoms with Crippen molar-refractivity contribution in [2.75, 3.05) is 33.0 Å². The van der Waals surface area contributed by atoms with Gasteiger partial charge in [0.05, 0.1) is 26.4 Å². The summed E-state index contributed by atoms with van der Waals surface area (Å²) < 4.78 is 33.3. The van der Waals surface area contributed by atoms with E-state index in [1.165, 1.54) is 12.8 Å². The van der Waals surface area contributed by atoms with Crippen molar-refractivity contribution in [3.05, 3.63) is 85.1 Å². The maximum Gasteiger partial charge on any atom is 0.472 e. The molecule has 0 amide bonds. The molecule has 56 heavy (non-hydrogen) atoms. The summed E-state index contributed by atoms with van der Waals surface area (Å²) in [4.78, 5) is 22.5. The predicted molar refractivity (Wildman–Crippen MR) is 232 cm³/mol. The predicted octanol–water partition coefficient (Wildman–Crippen LogP) is 11.9. The van der Waals surface area contributed by atoms with E-state index in [1.807, 2.05) is 0 Å². The van der Waals surface area contributed by atoms with E-state index in [-0.39, 0.29) is 13.0 Å². The molecular weight excluding hydrogens is 727 g/mol. The van der Waals surface area contributed by atoms with Gasteiger partial charge in [-0.1, -0.05) is 150 Å². The number of rotatable bonds is 40. The zero-order valence-corrected chi connectivity index (χ0v) is 36.0. The summed E-state index contributed by atoms with van der Waals surface area (Å²) in [5.41, 5.74) is 0. The monoisotopic (exact) mass is 807 g/mol. The summed E-state index contributed by atoms with van der Waals surface area (Å²) in [7, 11) is -4.53. The minimum Gasteiger partial charge on any atom is -0.457 e. The van der Waals surface area contributed by atoms with Gasteiger partial charge in [0.2, 0.25) is 0 Å². The molecule has 9 nitrogen and oxygen atoms in total. The number of aliphatic hydroxyl groups is 2. The van der Waals surface area contributed by atoms with Crippen LogP contribution in [0.5, 0.6) is 0 Å². The first-order valence-corrected chi connectivity index (χ1v) is 23.1. The van der Waals surface area contributed by atoms with Crippen molar-refractivity contribution in [3.63, 3.8) is 0 Å². The van der Waals surface area contributed by atoms with Crippen LogP contribution in [-0.4, -0.2) is 66.3 Å². The number of esters is 1. The van der Waals surface area contributed by atoms with E-state index in [0.717, 1.165) is 116 Å². The SMILES string of the molecule is CC/C=C\C/C=C\C/C=C\C/C=C\C/C=C\C/C=C\CCCCCCCOCC(COP(=O)(O)OCC(O)CO)OC(=O)CCCCCCC/C=C\CCCC. The lowest BCUT2D eigenvalue weighted by Crippen LogP contribution is -2.29. The molecule has 3 N–H and O–H groups in total. The van der Waals surface area contributed by atoms with Gasteiger partial charge < -0.3 is 24.6 Å². The van der Waals surface area contributed by atoms with E-state index in [4.69, 9.17) is 23.6 Å². The molecule has 0 spiro atoms. The zero-order chi connectivity index (χ0) is 41.1. The Labute approximate surface area is 341 Å². The summed E-state index contributed by atoms with van der Waals surface area (Å²) in [6.07, 6.45) is 51.2. The van der Waals surface area contributed by atoms with Crippen LogP contribution in [0.15, 0.2) is 85.1 Å². The van der Waals surface area contributed by atoms with Crippen LogP contribution >= 0.6 is 7.82 Å². The normalized spacial score (nSPS) is 14.9. The molecule has 0 aliphatic rings. The molecule has 3 atom stereocenters. The Hall–Kier alpha value is -2.36. The molecule has 322 valence electrons. The van der Waals surface area contributed by atoms with Crippen LogP contribution in [-0.2, 0) is 27.9 Å². The Kier molecular flexibility index (Phi) is 40.5. The molecule has 0 aromatic rings. The third-order valence-corrected chi connectivity index (χ3v) is 9.52. The van der Waals surface area contributed by atoms with Crippen LogP contribution in [0, 0.1) is 0 Å². The fraction of sp³-hybridized carbons (Fsp3) is 0.674. The molecule has 0 fully saturated rings. The Morgan fingerprint density at radius 2 is 1.02 bits per heavy atom. The second-order valence-corrected chi connectivity index (χ2v) is 15.4. The van der Waals surface area contributed by atoms with E-state index < -0.39 is 45.8 Å². The third kappa shape index (κ3) is 41.3. The van der Waals surface area contributed by atoms with Crippen LogP contribution in [0.2, 0.25) is 0 Å². The quantitative estimate of drug-likeness (QED) is 0.0240. The van der Waals surface area contributed by atoms with Crippen LogP contribution in [0.3, 0.4) is 0 Å². The van der Waals surface area contributed by atoms with Crippen molar-refractivity contribution in [1.29, 1.82) is 0 Å². The van der Waals surface area contributed by atoms with E-state index in [2.05, 4.69) is 98.9 Å². The smallest absolute Gasteiger partial charge is 0.457 e. The summed E-state index contributed by atoms with van der Waals surface area (Å²) in [5.74, 6) is -0.405. The van der Waals surface area contributed by atoms with Crippen molar-refractivity contribution in [2.45, 2.75) is 167 Å².